The first-order chi connectivity index (χ1) is 9.88. The van der Waals surface area contributed by atoms with Gasteiger partial charge in [0.05, 0.1) is 25.9 Å². The molecule has 21 heavy (non-hydrogen) atoms. The fraction of sp³-hybridized carbons (Fsp3) is 0.938. The van der Waals surface area contributed by atoms with Crippen molar-refractivity contribution in [3.8, 4) is 0 Å². The summed E-state index contributed by atoms with van der Waals surface area (Å²) >= 11 is 0. The van der Waals surface area contributed by atoms with E-state index in [1.807, 2.05) is 0 Å². The number of hydrogen-bond acceptors (Lipinski definition) is 3. The number of morpholine rings is 1. The number of ether oxygens (including phenoxy) is 1. The molecular weight excluding hydrogens is 268 g/mol. The average Bonchev–Trinajstić information content (AvgIpc) is 2.80. The number of hydrogen-bond donors (Lipinski definition) is 2. The molecular formula is C16H28N2O3. The Hall–Kier alpha value is -0.810. The molecule has 2 saturated carbocycles. The lowest BCUT2D eigenvalue weighted by Crippen LogP contribution is -2.55. The average molecular weight is 296 g/mol. The van der Waals surface area contributed by atoms with E-state index in [1.54, 1.807) is 4.90 Å². The lowest BCUT2D eigenvalue weighted by atomic mass is 9.69. The SMILES string of the molecule is CC1(C)[C@H]2CC[C@@]1(C)[C@H](NC(=O)N1CCO[C@@H](CO)C1)C2. The first kappa shape index (κ1) is 15.1. The van der Waals surface area contributed by atoms with Gasteiger partial charge in [-0.3, -0.25) is 0 Å². The largest absolute Gasteiger partial charge is 0.394 e. The van der Waals surface area contributed by atoms with E-state index >= 15 is 0 Å². The number of urea groups is 1. The molecule has 2 bridgehead atoms. The number of nitrogens with one attached hydrogen (secondary N) is 1. The fourth-order valence-electron chi connectivity index (χ4n) is 4.68. The highest BCUT2D eigenvalue weighted by molar-refractivity contribution is 5.75. The minimum Gasteiger partial charge on any atom is -0.394 e. The zero-order valence-electron chi connectivity index (χ0n) is 13.4. The molecule has 1 heterocycles. The Balaban J connectivity index is 1.64. The van der Waals surface area contributed by atoms with Crippen LogP contribution >= 0.6 is 0 Å². The van der Waals surface area contributed by atoms with Crippen molar-refractivity contribution in [2.45, 2.75) is 52.2 Å². The zero-order chi connectivity index (χ0) is 15.3. The monoisotopic (exact) mass is 296 g/mol. The van der Waals surface area contributed by atoms with Crippen LogP contribution in [0.5, 0.6) is 0 Å². The standard InChI is InChI=1S/C16H28N2O3/c1-15(2)11-4-5-16(15,3)13(8-11)17-14(20)18-6-7-21-12(9-18)10-19/h11-13,19H,4-10H2,1-3H3,(H,17,20)/t11-,12+,13+,16-/m0/s1. The number of amides is 2. The third kappa shape index (κ3) is 2.25. The quantitative estimate of drug-likeness (QED) is 0.814. The zero-order valence-corrected chi connectivity index (χ0v) is 13.4. The van der Waals surface area contributed by atoms with Crippen molar-refractivity contribution in [2.75, 3.05) is 26.3 Å². The summed E-state index contributed by atoms with van der Waals surface area (Å²) in [6.45, 7) is 8.62. The predicted molar refractivity (Wildman–Crippen MR) is 79.9 cm³/mol. The van der Waals surface area contributed by atoms with Crippen LogP contribution in [0.15, 0.2) is 0 Å². The summed E-state index contributed by atoms with van der Waals surface area (Å²) in [7, 11) is 0. The molecule has 0 unspecified atom stereocenters. The number of carbonyl (C=O) groups is 1. The minimum atomic E-state index is -0.239. The van der Waals surface area contributed by atoms with Crippen LogP contribution in [0.2, 0.25) is 0 Å². The van der Waals surface area contributed by atoms with Crippen molar-refractivity contribution >= 4 is 6.03 Å². The Labute approximate surface area is 127 Å². The maximum atomic E-state index is 12.5. The molecule has 5 heteroatoms. The fourth-order valence-corrected chi connectivity index (χ4v) is 4.68. The van der Waals surface area contributed by atoms with Crippen LogP contribution in [0, 0.1) is 16.7 Å². The number of aliphatic hydroxyl groups is 1. The van der Waals surface area contributed by atoms with Crippen molar-refractivity contribution in [2.24, 2.45) is 16.7 Å². The molecule has 1 saturated heterocycles. The van der Waals surface area contributed by atoms with Gasteiger partial charge < -0.3 is 20.1 Å². The molecule has 2 aliphatic carbocycles. The maximum absolute atomic E-state index is 12.5. The molecule has 3 fully saturated rings. The van der Waals surface area contributed by atoms with Crippen LogP contribution in [0.4, 0.5) is 4.79 Å². The first-order valence-corrected chi connectivity index (χ1v) is 8.16. The van der Waals surface area contributed by atoms with Crippen LogP contribution in [-0.2, 0) is 4.74 Å². The Morgan fingerprint density at radius 3 is 2.76 bits per heavy atom. The van der Waals surface area contributed by atoms with E-state index in [2.05, 4.69) is 26.1 Å². The molecule has 2 amide bonds. The van der Waals surface area contributed by atoms with Crippen LogP contribution in [0.3, 0.4) is 0 Å². The lowest BCUT2D eigenvalue weighted by Gasteiger charge is -2.41. The van der Waals surface area contributed by atoms with Gasteiger partial charge in [0, 0.05) is 12.6 Å². The van der Waals surface area contributed by atoms with Gasteiger partial charge in [-0.2, -0.15) is 0 Å². The molecule has 3 rings (SSSR count). The van der Waals surface area contributed by atoms with Crippen LogP contribution < -0.4 is 5.32 Å². The molecule has 2 N–H and O–H groups in total. The van der Waals surface area contributed by atoms with Crippen LogP contribution in [-0.4, -0.2) is 54.5 Å². The van der Waals surface area contributed by atoms with E-state index in [0.29, 0.717) is 25.1 Å². The second kappa shape index (κ2) is 5.13. The van der Waals surface area contributed by atoms with Crippen molar-refractivity contribution < 1.29 is 14.6 Å². The highest BCUT2D eigenvalue weighted by Gasteiger charge is 2.61. The first-order valence-electron chi connectivity index (χ1n) is 8.16. The van der Waals surface area contributed by atoms with Gasteiger partial charge in [0.2, 0.25) is 0 Å². The van der Waals surface area contributed by atoms with E-state index in [9.17, 15) is 9.90 Å². The third-order valence-corrected chi connectivity index (χ3v) is 6.72. The van der Waals surface area contributed by atoms with E-state index in [-0.39, 0.29) is 30.2 Å². The van der Waals surface area contributed by atoms with Crippen molar-refractivity contribution in [1.82, 2.24) is 10.2 Å². The molecule has 5 nitrogen and oxygen atoms in total. The number of aliphatic hydroxyl groups excluding tert-OH is 1. The van der Waals surface area contributed by atoms with E-state index in [4.69, 9.17) is 4.74 Å². The van der Waals surface area contributed by atoms with Gasteiger partial charge in [0.1, 0.15) is 0 Å². The van der Waals surface area contributed by atoms with Gasteiger partial charge in [-0.05, 0) is 36.0 Å². The number of rotatable bonds is 2. The highest BCUT2D eigenvalue weighted by Crippen LogP contribution is 2.65. The Morgan fingerprint density at radius 1 is 1.43 bits per heavy atom. The van der Waals surface area contributed by atoms with Gasteiger partial charge in [-0.15, -0.1) is 0 Å². The van der Waals surface area contributed by atoms with Crippen LogP contribution in [0.25, 0.3) is 0 Å². The van der Waals surface area contributed by atoms with Crippen molar-refractivity contribution in [3.63, 3.8) is 0 Å². The Morgan fingerprint density at radius 2 is 2.19 bits per heavy atom. The molecule has 0 aromatic heterocycles. The van der Waals surface area contributed by atoms with Gasteiger partial charge in [-0.1, -0.05) is 20.8 Å². The summed E-state index contributed by atoms with van der Waals surface area (Å²) < 4.78 is 5.41. The molecule has 0 spiro atoms. The maximum Gasteiger partial charge on any atom is 0.317 e. The summed E-state index contributed by atoms with van der Waals surface area (Å²) in [6, 6.07) is 0.278. The van der Waals surface area contributed by atoms with Crippen molar-refractivity contribution in [3.05, 3.63) is 0 Å². The topological polar surface area (TPSA) is 61.8 Å². The highest BCUT2D eigenvalue weighted by atomic mass is 16.5. The summed E-state index contributed by atoms with van der Waals surface area (Å²) in [5, 5.41) is 12.5. The predicted octanol–water partition coefficient (Wildman–Crippen LogP) is 1.60. The second-order valence-electron chi connectivity index (χ2n) is 7.73. The summed E-state index contributed by atoms with van der Waals surface area (Å²) in [5.74, 6) is 0.725. The Kier molecular flexibility index (Phi) is 3.69. The van der Waals surface area contributed by atoms with Gasteiger partial charge in [0.25, 0.3) is 0 Å². The molecule has 3 aliphatic rings. The molecule has 4 atom stereocenters. The second-order valence-corrected chi connectivity index (χ2v) is 7.73. The molecule has 0 aromatic carbocycles. The van der Waals surface area contributed by atoms with E-state index in [1.165, 1.54) is 12.8 Å². The summed E-state index contributed by atoms with van der Waals surface area (Å²) in [4.78, 5) is 14.3. The Bertz CT molecular complexity index is 426. The molecule has 120 valence electrons. The number of nitrogens with zero attached hydrogens (tertiary/aromatic N) is 1. The van der Waals surface area contributed by atoms with Gasteiger partial charge in [-0.25, -0.2) is 4.79 Å². The number of carbonyl (C=O) groups excluding carboxylic acids is 1. The van der Waals surface area contributed by atoms with E-state index < -0.39 is 0 Å². The molecule has 0 radical (unpaired) electrons. The van der Waals surface area contributed by atoms with E-state index in [0.717, 1.165) is 12.3 Å². The molecule has 1 aliphatic heterocycles. The molecule has 0 aromatic rings. The third-order valence-electron chi connectivity index (χ3n) is 6.72. The van der Waals surface area contributed by atoms with Crippen molar-refractivity contribution in [1.29, 1.82) is 0 Å². The van der Waals surface area contributed by atoms with Gasteiger partial charge in [0.15, 0.2) is 0 Å². The summed E-state index contributed by atoms with van der Waals surface area (Å²) in [6.07, 6.45) is 3.36. The lowest BCUT2D eigenvalue weighted by molar-refractivity contribution is -0.0410. The number of fused-ring (bicyclic) bond motifs is 2. The minimum absolute atomic E-state index is 0.00586. The normalized spacial score (nSPS) is 41.3. The van der Waals surface area contributed by atoms with Crippen LogP contribution in [0.1, 0.15) is 40.0 Å². The smallest absolute Gasteiger partial charge is 0.317 e. The summed E-state index contributed by atoms with van der Waals surface area (Å²) in [5.41, 5.74) is 0.513. The van der Waals surface area contributed by atoms with Gasteiger partial charge >= 0.3 is 6.03 Å².